The van der Waals surface area contributed by atoms with Gasteiger partial charge >= 0.3 is 0 Å². The average Bonchev–Trinajstić information content (AvgIpc) is 2.80. The van der Waals surface area contributed by atoms with E-state index in [1.807, 2.05) is 56.3 Å². The van der Waals surface area contributed by atoms with Gasteiger partial charge in [-0.1, -0.05) is 30.3 Å². The van der Waals surface area contributed by atoms with Crippen molar-refractivity contribution in [2.75, 3.05) is 25.1 Å². The first-order chi connectivity index (χ1) is 15.2. The summed E-state index contributed by atoms with van der Waals surface area (Å²) in [4.78, 5) is 12.3. The molecule has 1 amide bonds. The third kappa shape index (κ3) is 6.96. The summed E-state index contributed by atoms with van der Waals surface area (Å²) in [6, 6.07) is 22.4. The van der Waals surface area contributed by atoms with Gasteiger partial charge in [-0.05, 0) is 55.8 Å². The minimum atomic E-state index is -0.268. The predicted octanol–water partition coefficient (Wildman–Crippen LogP) is 5.08. The third-order valence-corrected chi connectivity index (χ3v) is 4.27. The van der Waals surface area contributed by atoms with Crippen LogP contribution in [-0.4, -0.2) is 25.7 Å². The zero-order chi connectivity index (χ0) is 21.9. The molecule has 0 bridgehead atoms. The molecule has 6 heteroatoms. The Labute approximate surface area is 182 Å². The monoisotopic (exact) mass is 421 g/mol. The summed E-state index contributed by atoms with van der Waals surface area (Å²) in [7, 11) is 0. The van der Waals surface area contributed by atoms with Crippen LogP contribution in [0.25, 0.3) is 0 Å². The number of carbonyl (C=O) groups is 1. The first-order valence-corrected chi connectivity index (χ1v) is 10.3. The first kappa shape index (κ1) is 22.0. The van der Waals surface area contributed by atoms with Crippen LogP contribution in [0.2, 0.25) is 0 Å². The Kier molecular flexibility index (Phi) is 8.17. The number of ether oxygens (including phenoxy) is 4. The van der Waals surface area contributed by atoms with Crippen LogP contribution in [0, 0.1) is 0 Å². The van der Waals surface area contributed by atoms with E-state index in [0.29, 0.717) is 42.8 Å². The van der Waals surface area contributed by atoms with E-state index >= 15 is 0 Å². The van der Waals surface area contributed by atoms with Crippen LogP contribution in [0.5, 0.6) is 23.0 Å². The Bertz CT molecular complexity index is 957. The molecule has 0 saturated heterocycles. The van der Waals surface area contributed by atoms with Crippen molar-refractivity contribution >= 4 is 11.6 Å². The molecule has 0 aliphatic carbocycles. The average molecular weight is 421 g/mol. The van der Waals surface area contributed by atoms with Crippen LogP contribution in [0.3, 0.4) is 0 Å². The number of rotatable bonds is 11. The minimum absolute atomic E-state index is 0.110. The summed E-state index contributed by atoms with van der Waals surface area (Å²) in [6.45, 7) is 5.23. The fraction of sp³-hybridized carbons (Fsp3) is 0.240. The van der Waals surface area contributed by atoms with Gasteiger partial charge in [-0.2, -0.15) is 0 Å². The fourth-order valence-corrected chi connectivity index (χ4v) is 2.85. The molecule has 0 fully saturated rings. The molecule has 0 aromatic heterocycles. The molecule has 3 rings (SSSR count). The second kappa shape index (κ2) is 11.5. The van der Waals surface area contributed by atoms with Crippen molar-refractivity contribution in [2.24, 2.45) is 0 Å². The van der Waals surface area contributed by atoms with E-state index in [0.717, 1.165) is 11.3 Å². The summed E-state index contributed by atoms with van der Waals surface area (Å²) in [5, 5.41) is 2.81. The molecular weight excluding hydrogens is 394 g/mol. The van der Waals surface area contributed by atoms with Crippen LogP contribution in [0.1, 0.15) is 19.4 Å². The number of nitrogens with one attached hydrogen (secondary N) is 1. The Morgan fingerprint density at radius 3 is 2.06 bits per heavy atom. The SMILES string of the molecule is CCOc1ccc(NC(=O)COc2ccc(OCc3ccccc3)cc2)cc1OCC. The van der Waals surface area contributed by atoms with E-state index in [2.05, 4.69) is 5.32 Å². The quantitative estimate of drug-likeness (QED) is 0.468. The fourth-order valence-electron chi connectivity index (χ4n) is 2.85. The smallest absolute Gasteiger partial charge is 0.262 e. The first-order valence-electron chi connectivity index (χ1n) is 10.3. The van der Waals surface area contributed by atoms with Crippen molar-refractivity contribution < 1.29 is 23.7 Å². The highest BCUT2D eigenvalue weighted by atomic mass is 16.5. The van der Waals surface area contributed by atoms with E-state index in [9.17, 15) is 4.79 Å². The van der Waals surface area contributed by atoms with Crippen LogP contribution < -0.4 is 24.3 Å². The maximum Gasteiger partial charge on any atom is 0.262 e. The van der Waals surface area contributed by atoms with E-state index in [1.165, 1.54) is 0 Å². The normalized spacial score (nSPS) is 10.3. The Balaban J connectivity index is 1.48. The molecule has 162 valence electrons. The molecule has 0 radical (unpaired) electrons. The summed E-state index contributed by atoms with van der Waals surface area (Å²) >= 11 is 0. The van der Waals surface area contributed by atoms with Crippen LogP contribution in [0.15, 0.2) is 72.8 Å². The number of hydrogen-bond donors (Lipinski definition) is 1. The largest absolute Gasteiger partial charge is 0.490 e. The molecule has 31 heavy (non-hydrogen) atoms. The summed E-state index contributed by atoms with van der Waals surface area (Å²) < 4.78 is 22.4. The highest BCUT2D eigenvalue weighted by molar-refractivity contribution is 5.92. The van der Waals surface area contributed by atoms with Gasteiger partial charge < -0.3 is 24.3 Å². The highest BCUT2D eigenvalue weighted by Gasteiger charge is 2.09. The maximum atomic E-state index is 12.3. The molecule has 0 spiro atoms. The third-order valence-electron chi connectivity index (χ3n) is 4.27. The van der Waals surface area contributed by atoms with Crippen molar-refractivity contribution in [2.45, 2.75) is 20.5 Å². The molecule has 0 atom stereocenters. The van der Waals surface area contributed by atoms with Crippen molar-refractivity contribution in [3.05, 3.63) is 78.4 Å². The lowest BCUT2D eigenvalue weighted by molar-refractivity contribution is -0.118. The van der Waals surface area contributed by atoms with Crippen molar-refractivity contribution in [1.29, 1.82) is 0 Å². The van der Waals surface area contributed by atoms with E-state index < -0.39 is 0 Å². The predicted molar refractivity (Wildman–Crippen MR) is 120 cm³/mol. The van der Waals surface area contributed by atoms with Crippen molar-refractivity contribution in [1.82, 2.24) is 0 Å². The lowest BCUT2D eigenvalue weighted by atomic mass is 10.2. The molecule has 0 heterocycles. The number of carbonyl (C=O) groups excluding carboxylic acids is 1. The maximum absolute atomic E-state index is 12.3. The van der Waals surface area contributed by atoms with Gasteiger partial charge in [0.25, 0.3) is 5.91 Å². The molecule has 0 saturated carbocycles. The molecule has 6 nitrogen and oxygen atoms in total. The summed E-state index contributed by atoms with van der Waals surface area (Å²) in [6.07, 6.45) is 0. The molecule has 0 unspecified atom stereocenters. The second-order valence-corrected chi connectivity index (χ2v) is 6.61. The van der Waals surface area contributed by atoms with Gasteiger partial charge in [-0.15, -0.1) is 0 Å². The van der Waals surface area contributed by atoms with Crippen LogP contribution in [0.4, 0.5) is 5.69 Å². The number of hydrogen-bond acceptors (Lipinski definition) is 5. The van der Waals surface area contributed by atoms with Gasteiger partial charge in [0, 0.05) is 11.8 Å². The molecule has 3 aromatic rings. The highest BCUT2D eigenvalue weighted by Crippen LogP contribution is 2.30. The topological polar surface area (TPSA) is 66.0 Å². The van der Waals surface area contributed by atoms with E-state index in [-0.39, 0.29) is 12.5 Å². The van der Waals surface area contributed by atoms with Gasteiger partial charge in [0.05, 0.1) is 13.2 Å². The molecule has 0 aliphatic heterocycles. The van der Waals surface area contributed by atoms with E-state index in [4.69, 9.17) is 18.9 Å². The van der Waals surface area contributed by atoms with Crippen LogP contribution in [-0.2, 0) is 11.4 Å². The zero-order valence-corrected chi connectivity index (χ0v) is 17.8. The van der Waals surface area contributed by atoms with Crippen molar-refractivity contribution in [3.8, 4) is 23.0 Å². The van der Waals surface area contributed by atoms with Crippen LogP contribution >= 0.6 is 0 Å². The van der Waals surface area contributed by atoms with Gasteiger partial charge in [0.1, 0.15) is 18.1 Å². The lowest BCUT2D eigenvalue weighted by Crippen LogP contribution is -2.20. The van der Waals surface area contributed by atoms with Crippen molar-refractivity contribution in [3.63, 3.8) is 0 Å². The molecule has 0 aliphatic rings. The Hall–Kier alpha value is -3.67. The second-order valence-electron chi connectivity index (χ2n) is 6.61. The van der Waals surface area contributed by atoms with Gasteiger partial charge in [-0.25, -0.2) is 0 Å². The standard InChI is InChI=1S/C25H27NO5/c1-3-28-23-15-10-20(16-24(23)29-4-2)26-25(27)18-31-22-13-11-21(12-14-22)30-17-19-8-6-5-7-9-19/h5-16H,3-4,17-18H2,1-2H3,(H,26,27). The summed E-state index contributed by atoms with van der Waals surface area (Å²) in [5.74, 6) is 2.29. The zero-order valence-electron chi connectivity index (χ0n) is 17.8. The van der Waals surface area contributed by atoms with Gasteiger partial charge in [0.2, 0.25) is 0 Å². The van der Waals surface area contributed by atoms with Gasteiger partial charge in [-0.3, -0.25) is 4.79 Å². The number of anilines is 1. The van der Waals surface area contributed by atoms with Gasteiger partial charge in [0.15, 0.2) is 18.1 Å². The minimum Gasteiger partial charge on any atom is -0.490 e. The number of amides is 1. The molecule has 3 aromatic carbocycles. The summed E-state index contributed by atoms with van der Waals surface area (Å²) in [5.41, 5.74) is 1.71. The van der Waals surface area contributed by atoms with E-state index in [1.54, 1.807) is 30.3 Å². The molecular formula is C25H27NO5. The Morgan fingerprint density at radius 1 is 0.742 bits per heavy atom. The number of benzene rings is 3. The Morgan fingerprint density at radius 2 is 1.39 bits per heavy atom. The lowest BCUT2D eigenvalue weighted by Gasteiger charge is -2.13. The molecule has 1 N–H and O–H groups in total.